The molecule has 2 aromatic rings. The fraction of sp³-hybridized carbons (Fsp3) is 0.333. The van der Waals surface area contributed by atoms with Crippen LogP contribution in [-0.4, -0.2) is 44.3 Å². The molecule has 2 aromatic carbocycles. The lowest BCUT2D eigenvalue weighted by Gasteiger charge is -2.26. The Morgan fingerprint density at radius 3 is 2.35 bits per heavy atom. The number of sulfonamides is 1. The van der Waals surface area contributed by atoms with Crippen LogP contribution < -0.4 is 5.32 Å². The third-order valence-electron chi connectivity index (χ3n) is 4.91. The summed E-state index contributed by atoms with van der Waals surface area (Å²) in [6, 6.07) is 9.20. The molecule has 0 aromatic heterocycles. The van der Waals surface area contributed by atoms with E-state index in [1.54, 1.807) is 25.1 Å². The number of carbonyl (C=O) groups excluding carboxylic acids is 2. The van der Waals surface area contributed by atoms with Gasteiger partial charge in [-0.3, -0.25) is 4.79 Å². The predicted molar refractivity (Wildman–Crippen MR) is 119 cm³/mol. The van der Waals surface area contributed by atoms with E-state index in [-0.39, 0.29) is 26.2 Å². The van der Waals surface area contributed by atoms with Crippen LogP contribution in [0.4, 0.5) is 5.69 Å². The monoisotopic (exact) mass is 484 g/mol. The first-order valence-corrected chi connectivity index (χ1v) is 11.9. The number of hydrogen-bond acceptors (Lipinski definition) is 5. The zero-order chi connectivity index (χ0) is 22.6. The number of ether oxygens (including phenoxy) is 1. The van der Waals surface area contributed by atoms with E-state index in [1.807, 2.05) is 0 Å². The topological polar surface area (TPSA) is 92.8 Å². The first-order chi connectivity index (χ1) is 14.7. The minimum absolute atomic E-state index is 0.0242. The van der Waals surface area contributed by atoms with Gasteiger partial charge in [0.1, 0.15) is 0 Å². The van der Waals surface area contributed by atoms with Crippen molar-refractivity contribution in [3.8, 4) is 0 Å². The number of anilines is 1. The molecule has 10 heteroatoms. The fourth-order valence-corrected chi connectivity index (χ4v) is 5.61. The molecule has 0 aliphatic carbocycles. The van der Waals surface area contributed by atoms with Crippen LogP contribution in [-0.2, 0) is 19.6 Å². The van der Waals surface area contributed by atoms with Crippen LogP contribution >= 0.6 is 23.2 Å². The number of amides is 1. The number of benzene rings is 2. The van der Waals surface area contributed by atoms with Crippen molar-refractivity contribution in [3.05, 3.63) is 57.6 Å². The molecule has 1 heterocycles. The number of piperidine rings is 1. The number of halogens is 2. The molecule has 1 aliphatic rings. The third kappa shape index (κ3) is 5.57. The van der Waals surface area contributed by atoms with E-state index < -0.39 is 28.5 Å². The molecule has 1 amide bonds. The maximum Gasteiger partial charge on any atom is 0.341 e. The molecular weight excluding hydrogens is 463 g/mol. The van der Waals surface area contributed by atoms with Gasteiger partial charge in [-0.2, -0.15) is 4.31 Å². The van der Waals surface area contributed by atoms with Crippen molar-refractivity contribution < 1.29 is 22.7 Å². The van der Waals surface area contributed by atoms with Crippen LogP contribution in [0.3, 0.4) is 0 Å². The number of rotatable bonds is 6. The van der Waals surface area contributed by atoms with Crippen molar-refractivity contribution in [3.63, 3.8) is 0 Å². The highest BCUT2D eigenvalue weighted by Crippen LogP contribution is 2.27. The highest BCUT2D eigenvalue weighted by molar-refractivity contribution is 7.89. The second kappa shape index (κ2) is 9.99. The molecule has 1 saturated heterocycles. The molecule has 166 valence electrons. The Morgan fingerprint density at radius 2 is 1.71 bits per heavy atom. The Morgan fingerprint density at radius 1 is 1.06 bits per heavy atom. The first kappa shape index (κ1) is 23.5. The van der Waals surface area contributed by atoms with Gasteiger partial charge in [0.05, 0.1) is 20.5 Å². The van der Waals surface area contributed by atoms with Gasteiger partial charge < -0.3 is 10.1 Å². The van der Waals surface area contributed by atoms with Gasteiger partial charge in [0, 0.05) is 18.8 Å². The second-order valence-electron chi connectivity index (χ2n) is 7.17. The molecule has 0 radical (unpaired) electrons. The molecule has 31 heavy (non-hydrogen) atoms. The summed E-state index contributed by atoms with van der Waals surface area (Å²) in [4.78, 5) is 24.6. The van der Waals surface area contributed by atoms with Gasteiger partial charge in [-0.25, -0.2) is 13.2 Å². The predicted octanol–water partition coefficient (Wildman–Crippen LogP) is 4.27. The van der Waals surface area contributed by atoms with Gasteiger partial charge >= 0.3 is 5.97 Å². The van der Waals surface area contributed by atoms with Crippen LogP contribution in [0.1, 0.15) is 35.2 Å². The van der Waals surface area contributed by atoms with Crippen molar-refractivity contribution in [1.82, 2.24) is 4.31 Å². The quantitative estimate of drug-likeness (QED) is 0.617. The van der Waals surface area contributed by atoms with Crippen molar-refractivity contribution in [1.29, 1.82) is 0 Å². The third-order valence-corrected chi connectivity index (χ3v) is 7.58. The largest absolute Gasteiger partial charge is 0.452 e. The van der Waals surface area contributed by atoms with Crippen LogP contribution in [0.25, 0.3) is 0 Å². The highest BCUT2D eigenvalue weighted by Gasteiger charge is 2.27. The van der Waals surface area contributed by atoms with Crippen LogP contribution in [0.5, 0.6) is 0 Å². The molecule has 1 aliphatic heterocycles. The van der Waals surface area contributed by atoms with E-state index >= 15 is 0 Å². The van der Waals surface area contributed by atoms with Gasteiger partial charge in [-0.1, -0.05) is 41.8 Å². The summed E-state index contributed by atoms with van der Waals surface area (Å²) in [5, 5.41) is 2.79. The number of carbonyl (C=O) groups is 2. The van der Waals surface area contributed by atoms with Gasteiger partial charge in [0.2, 0.25) is 10.0 Å². The van der Waals surface area contributed by atoms with Crippen LogP contribution in [0.2, 0.25) is 10.0 Å². The molecule has 0 unspecified atom stereocenters. The van der Waals surface area contributed by atoms with Crippen LogP contribution in [0, 0.1) is 6.92 Å². The normalized spacial score (nSPS) is 14.8. The van der Waals surface area contributed by atoms with Gasteiger partial charge in [0.15, 0.2) is 6.61 Å². The Labute approximate surface area is 191 Å². The van der Waals surface area contributed by atoms with E-state index in [9.17, 15) is 18.0 Å². The SMILES string of the molecule is Cc1ccc(NC(=O)COC(=O)c2c(Cl)cccc2Cl)cc1S(=O)(=O)N1CCCCC1. The Kier molecular flexibility index (Phi) is 7.59. The summed E-state index contributed by atoms with van der Waals surface area (Å²) in [6.07, 6.45) is 2.67. The van der Waals surface area contributed by atoms with E-state index in [0.717, 1.165) is 19.3 Å². The van der Waals surface area contributed by atoms with E-state index in [1.165, 1.54) is 22.5 Å². The number of esters is 1. The molecule has 0 atom stereocenters. The summed E-state index contributed by atoms with van der Waals surface area (Å²) in [5.41, 5.74) is 0.852. The Bertz CT molecular complexity index is 1080. The molecule has 3 rings (SSSR count). The smallest absolute Gasteiger partial charge is 0.341 e. The van der Waals surface area contributed by atoms with Gasteiger partial charge in [-0.05, 0) is 49.6 Å². The average molecular weight is 485 g/mol. The fourth-order valence-electron chi connectivity index (χ4n) is 3.29. The maximum absolute atomic E-state index is 13.0. The summed E-state index contributed by atoms with van der Waals surface area (Å²) in [6.45, 7) is 2.10. The lowest BCUT2D eigenvalue weighted by molar-refractivity contribution is -0.119. The van der Waals surface area contributed by atoms with Crippen molar-refractivity contribution in [2.75, 3.05) is 25.0 Å². The highest BCUT2D eigenvalue weighted by atomic mass is 35.5. The number of hydrogen-bond donors (Lipinski definition) is 1. The molecular formula is C21H22Cl2N2O5S. The lowest BCUT2D eigenvalue weighted by atomic mass is 10.2. The summed E-state index contributed by atoms with van der Waals surface area (Å²) in [7, 11) is -3.65. The molecule has 0 bridgehead atoms. The second-order valence-corrected chi connectivity index (χ2v) is 9.89. The minimum atomic E-state index is -3.65. The van der Waals surface area contributed by atoms with Crippen molar-refractivity contribution >= 4 is 50.8 Å². The van der Waals surface area contributed by atoms with Crippen molar-refractivity contribution in [2.45, 2.75) is 31.1 Å². The standard InChI is InChI=1S/C21H22Cl2N2O5S/c1-14-8-9-15(12-18(14)31(28,29)25-10-3-2-4-11-25)24-19(26)13-30-21(27)20-16(22)6-5-7-17(20)23/h5-9,12H,2-4,10-11,13H2,1H3,(H,24,26). The van der Waals surface area contributed by atoms with Crippen LogP contribution in [0.15, 0.2) is 41.3 Å². The molecule has 1 fully saturated rings. The summed E-state index contributed by atoms with van der Waals surface area (Å²) in [5.74, 6) is -1.45. The average Bonchev–Trinajstić information content (AvgIpc) is 2.74. The number of nitrogens with zero attached hydrogens (tertiary/aromatic N) is 1. The lowest BCUT2D eigenvalue weighted by Crippen LogP contribution is -2.36. The van der Waals surface area contributed by atoms with E-state index in [2.05, 4.69) is 5.32 Å². The first-order valence-electron chi connectivity index (χ1n) is 9.72. The molecule has 1 N–H and O–H groups in total. The Balaban J connectivity index is 1.68. The van der Waals surface area contributed by atoms with Gasteiger partial charge in [0.25, 0.3) is 5.91 Å². The molecule has 0 spiro atoms. The summed E-state index contributed by atoms with van der Waals surface area (Å²) >= 11 is 11.9. The zero-order valence-electron chi connectivity index (χ0n) is 16.9. The molecule has 7 nitrogen and oxygen atoms in total. The number of nitrogens with one attached hydrogen (secondary N) is 1. The number of aryl methyl sites for hydroxylation is 1. The maximum atomic E-state index is 13.0. The van der Waals surface area contributed by atoms with Crippen molar-refractivity contribution in [2.24, 2.45) is 0 Å². The Hall–Kier alpha value is -2.13. The zero-order valence-corrected chi connectivity index (χ0v) is 19.2. The molecule has 0 saturated carbocycles. The summed E-state index contributed by atoms with van der Waals surface area (Å²) < 4.78 is 32.5. The van der Waals surface area contributed by atoms with E-state index in [4.69, 9.17) is 27.9 Å². The van der Waals surface area contributed by atoms with E-state index in [0.29, 0.717) is 18.7 Å². The van der Waals surface area contributed by atoms with Gasteiger partial charge in [-0.15, -0.1) is 0 Å². The minimum Gasteiger partial charge on any atom is -0.452 e.